The summed E-state index contributed by atoms with van der Waals surface area (Å²) in [5.74, 6) is -0.0869. The molecule has 2 aromatic rings. The van der Waals surface area contributed by atoms with Crippen molar-refractivity contribution in [3.05, 3.63) is 57.6 Å². The maximum atomic E-state index is 12.6. The van der Waals surface area contributed by atoms with Crippen LogP contribution in [0.2, 0.25) is 0 Å². The first-order valence-corrected chi connectivity index (χ1v) is 7.10. The lowest BCUT2D eigenvalue weighted by Gasteiger charge is -2.20. The Hall–Kier alpha value is -1.81. The average Bonchev–Trinajstić information content (AvgIpc) is 2.40. The van der Waals surface area contributed by atoms with Gasteiger partial charge in [0.2, 0.25) is 0 Å². The third-order valence-corrected chi connectivity index (χ3v) is 3.93. The Morgan fingerprint density at radius 1 is 1.15 bits per heavy atom. The summed E-state index contributed by atoms with van der Waals surface area (Å²) in [5, 5.41) is 0. The van der Waals surface area contributed by atoms with Crippen LogP contribution in [0.5, 0.6) is 0 Å². The molecule has 0 aliphatic heterocycles. The van der Waals surface area contributed by atoms with Crippen LogP contribution >= 0.6 is 15.9 Å². The number of nitrogen functional groups attached to an aromatic ring is 1. The van der Waals surface area contributed by atoms with E-state index < -0.39 is 0 Å². The first kappa shape index (κ1) is 14.6. The van der Waals surface area contributed by atoms with Crippen LogP contribution in [0.3, 0.4) is 0 Å². The van der Waals surface area contributed by atoms with Crippen LogP contribution in [0.1, 0.15) is 21.5 Å². The standard InChI is InChI=1S/C16H17BrN2O/c1-10-4-7-15(11(2)8-10)19(3)16(20)13-9-12(18)5-6-14(13)17/h4-9H,18H2,1-3H3. The molecule has 4 heteroatoms. The Bertz CT molecular complexity index is 668. The van der Waals surface area contributed by atoms with Crippen molar-refractivity contribution in [1.29, 1.82) is 0 Å². The van der Waals surface area contributed by atoms with Crippen molar-refractivity contribution >= 4 is 33.2 Å². The fraction of sp³-hybridized carbons (Fsp3) is 0.188. The molecule has 0 aromatic heterocycles. The fourth-order valence-electron chi connectivity index (χ4n) is 2.18. The number of carbonyl (C=O) groups is 1. The number of hydrogen-bond donors (Lipinski definition) is 1. The number of hydrogen-bond acceptors (Lipinski definition) is 2. The summed E-state index contributed by atoms with van der Waals surface area (Å²) in [6.45, 7) is 4.04. The minimum Gasteiger partial charge on any atom is -0.399 e. The molecule has 104 valence electrons. The number of benzene rings is 2. The van der Waals surface area contributed by atoms with Crippen LogP contribution in [-0.2, 0) is 0 Å². The van der Waals surface area contributed by atoms with Gasteiger partial charge in [-0.2, -0.15) is 0 Å². The lowest BCUT2D eigenvalue weighted by molar-refractivity contribution is 0.0992. The van der Waals surface area contributed by atoms with E-state index in [1.54, 1.807) is 30.1 Å². The first-order valence-electron chi connectivity index (χ1n) is 6.30. The maximum Gasteiger partial charge on any atom is 0.259 e. The topological polar surface area (TPSA) is 46.3 Å². The van der Waals surface area contributed by atoms with E-state index in [2.05, 4.69) is 22.0 Å². The second kappa shape index (κ2) is 5.67. The molecule has 2 aromatic carbocycles. The third kappa shape index (κ3) is 2.85. The quantitative estimate of drug-likeness (QED) is 0.847. The van der Waals surface area contributed by atoms with Crippen molar-refractivity contribution in [3.8, 4) is 0 Å². The zero-order chi connectivity index (χ0) is 14.9. The Morgan fingerprint density at radius 3 is 2.50 bits per heavy atom. The van der Waals surface area contributed by atoms with Crippen molar-refractivity contribution in [2.75, 3.05) is 17.7 Å². The average molecular weight is 333 g/mol. The van der Waals surface area contributed by atoms with Gasteiger partial charge in [0.05, 0.1) is 5.56 Å². The van der Waals surface area contributed by atoms with Crippen LogP contribution in [0.15, 0.2) is 40.9 Å². The third-order valence-electron chi connectivity index (χ3n) is 3.24. The minimum atomic E-state index is -0.0869. The molecule has 0 unspecified atom stereocenters. The fourth-order valence-corrected chi connectivity index (χ4v) is 2.59. The molecule has 1 amide bonds. The summed E-state index contributed by atoms with van der Waals surface area (Å²) in [7, 11) is 1.77. The molecule has 0 radical (unpaired) electrons. The van der Waals surface area contributed by atoms with Crippen LogP contribution in [0.25, 0.3) is 0 Å². The molecule has 0 aliphatic rings. The molecular weight excluding hydrogens is 316 g/mol. The van der Waals surface area contributed by atoms with Crippen LogP contribution in [0.4, 0.5) is 11.4 Å². The zero-order valence-electron chi connectivity index (χ0n) is 11.8. The molecular formula is C16H17BrN2O. The molecule has 0 fully saturated rings. The lowest BCUT2D eigenvalue weighted by Crippen LogP contribution is -2.27. The van der Waals surface area contributed by atoms with Crippen LogP contribution < -0.4 is 10.6 Å². The van der Waals surface area contributed by atoms with Crippen molar-refractivity contribution in [2.24, 2.45) is 0 Å². The van der Waals surface area contributed by atoms with Gasteiger partial charge in [0, 0.05) is 22.9 Å². The lowest BCUT2D eigenvalue weighted by atomic mass is 10.1. The molecule has 0 heterocycles. The second-order valence-electron chi connectivity index (χ2n) is 4.89. The first-order chi connectivity index (χ1) is 9.40. The summed E-state index contributed by atoms with van der Waals surface area (Å²) in [5.41, 5.74) is 10.0. The minimum absolute atomic E-state index is 0.0869. The van der Waals surface area contributed by atoms with E-state index in [0.29, 0.717) is 11.3 Å². The summed E-state index contributed by atoms with van der Waals surface area (Å²) < 4.78 is 0.744. The Kier molecular flexibility index (Phi) is 4.14. The Balaban J connectivity index is 2.40. The van der Waals surface area contributed by atoms with Crippen molar-refractivity contribution in [1.82, 2.24) is 0 Å². The summed E-state index contributed by atoms with van der Waals surface area (Å²) in [6.07, 6.45) is 0. The maximum absolute atomic E-state index is 12.6. The van der Waals surface area contributed by atoms with E-state index in [-0.39, 0.29) is 5.91 Å². The molecule has 2 rings (SSSR count). The van der Waals surface area contributed by atoms with Crippen molar-refractivity contribution < 1.29 is 4.79 Å². The van der Waals surface area contributed by atoms with Crippen LogP contribution in [0, 0.1) is 13.8 Å². The van der Waals surface area contributed by atoms with Gasteiger partial charge < -0.3 is 10.6 Å². The summed E-state index contributed by atoms with van der Waals surface area (Å²) in [6, 6.07) is 11.3. The predicted molar refractivity (Wildman–Crippen MR) is 87.2 cm³/mol. The van der Waals surface area contributed by atoms with Gasteiger partial charge in [0.25, 0.3) is 5.91 Å². The largest absolute Gasteiger partial charge is 0.399 e. The number of anilines is 2. The summed E-state index contributed by atoms with van der Waals surface area (Å²) >= 11 is 3.40. The Labute approximate surface area is 127 Å². The number of rotatable bonds is 2. The predicted octanol–water partition coefficient (Wildman–Crippen LogP) is 3.92. The highest BCUT2D eigenvalue weighted by Crippen LogP contribution is 2.25. The van der Waals surface area contributed by atoms with E-state index >= 15 is 0 Å². The van der Waals surface area contributed by atoms with Gasteiger partial charge >= 0.3 is 0 Å². The van der Waals surface area contributed by atoms with Gasteiger partial charge in [-0.3, -0.25) is 4.79 Å². The van der Waals surface area contributed by atoms with E-state index in [1.807, 2.05) is 26.0 Å². The highest BCUT2D eigenvalue weighted by atomic mass is 79.9. The zero-order valence-corrected chi connectivity index (χ0v) is 13.4. The molecule has 20 heavy (non-hydrogen) atoms. The normalized spacial score (nSPS) is 10.4. The highest BCUT2D eigenvalue weighted by molar-refractivity contribution is 9.10. The number of carbonyl (C=O) groups excluding carboxylic acids is 1. The number of amides is 1. The SMILES string of the molecule is Cc1ccc(N(C)C(=O)c2cc(N)ccc2Br)c(C)c1. The molecule has 3 nitrogen and oxygen atoms in total. The van der Waals surface area contributed by atoms with Gasteiger partial charge in [-0.15, -0.1) is 0 Å². The van der Waals surface area contributed by atoms with E-state index in [9.17, 15) is 4.79 Å². The Morgan fingerprint density at radius 2 is 1.85 bits per heavy atom. The van der Waals surface area contributed by atoms with E-state index in [1.165, 1.54) is 5.56 Å². The molecule has 0 saturated carbocycles. The highest BCUT2D eigenvalue weighted by Gasteiger charge is 2.17. The number of halogens is 1. The second-order valence-corrected chi connectivity index (χ2v) is 5.75. The molecule has 0 spiro atoms. The monoisotopic (exact) mass is 332 g/mol. The molecule has 0 aliphatic carbocycles. The van der Waals surface area contributed by atoms with E-state index in [0.717, 1.165) is 15.7 Å². The van der Waals surface area contributed by atoms with Gasteiger partial charge in [0.15, 0.2) is 0 Å². The van der Waals surface area contributed by atoms with Crippen molar-refractivity contribution in [3.63, 3.8) is 0 Å². The van der Waals surface area contributed by atoms with Crippen LogP contribution in [-0.4, -0.2) is 13.0 Å². The van der Waals surface area contributed by atoms with Crippen molar-refractivity contribution in [2.45, 2.75) is 13.8 Å². The molecule has 0 bridgehead atoms. The molecule has 0 atom stereocenters. The smallest absolute Gasteiger partial charge is 0.259 e. The number of aryl methyl sites for hydroxylation is 2. The molecule has 2 N–H and O–H groups in total. The summed E-state index contributed by atoms with van der Waals surface area (Å²) in [4.78, 5) is 14.2. The van der Waals surface area contributed by atoms with Gasteiger partial charge in [-0.1, -0.05) is 17.7 Å². The van der Waals surface area contributed by atoms with Gasteiger partial charge in [-0.25, -0.2) is 0 Å². The van der Waals surface area contributed by atoms with E-state index in [4.69, 9.17) is 5.73 Å². The molecule has 0 saturated heterocycles. The number of nitrogens with zero attached hydrogens (tertiary/aromatic N) is 1. The van der Waals surface area contributed by atoms with Gasteiger partial charge in [0.1, 0.15) is 0 Å². The number of nitrogens with two attached hydrogens (primary N) is 1. The van der Waals surface area contributed by atoms with Gasteiger partial charge in [-0.05, 0) is 59.6 Å².